The van der Waals surface area contributed by atoms with Crippen LogP contribution >= 0.6 is 11.3 Å². The summed E-state index contributed by atoms with van der Waals surface area (Å²) in [5, 5.41) is 13.4. The van der Waals surface area contributed by atoms with E-state index in [9.17, 15) is 18.5 Å². The lowest BCUT2D eigenvalue weighted by Crippen LogP contribution is -2.27. The Morgan fingerprint density at radius 1 is 1.56 bits per heavy atom. The van der Waals surface area contributed by atoms with E-state index < -0.39 is 14.9 Å². The van der Waals surface area contributed by atoms with Crippen molar-refractivity contribution in [2.24, 2.45) is 0 Å². The van der Waals surface area contributed by atoms with Crippen LogP contribution in [0, 0.1) is 10.1 Å². The van der Waals surface area contributed by atoms with Crippen LogP contribution in [0.15, 0.2) is 6.20 Å². The van der Waals surface area contributed by atoms with Gasteiger partial charge in [0.25, 0.3) is 0 Å². The first-order valence-corrected chi connectivity index (χ1v) is 6.88. The number of rotatable bonds is 6. The highest BCUT2D eigenvalue weighted by atomic mass is 32.2. The molecule has 10 heteroatoms. The van der Waals surface area contributed by atoms with Crippen molar-refractivity contribution in [2.45, 2.75) is 0 Å². The molecular formula is C6H10N4O4S2. The number of nitrogens with zero attached hydrogens (tertiary/aromatic N) is 2. The normalized spacial score (nSPS) is 11.3. The maximum Gasteiger partial charge on any atom is 0.345 e. The Balaban J connectivity index is 2.35. The third-order valence-electron chi connectivity index (χ3n) is 1.44. The molecule has 0 radical (unpaired) electrons. The van der Waals surface area contributed by atoms with Crippen LogP contribution in [0.25, 0.3) is 0 Å². The Labute approximate surface area is 95.9 Å². The van der Waals surface area contributed by atoms with Gasteiger partial charge >= 0.3 is 5.00 Å². The van der Waals surface area contributed by atoms with Crippen molar-refractivity contribution in [1.29, 1.82) is 0 Å². The van der Waals surface area contributed by atoms with Gasteiger partial charge in [0.1, 0.15) is 6.20 Å². The van der Waals surface area contributed by atoms with Crippen LogP contribution in [0.2, 0.25) is 0 Å². The van der Waals surface area contributed by atoms with Gasteiger partial charge in [0, 0.05) is 13.1 Å². The smallest absolute Gasteiger partial charge is 0.345 e. The number of sulfonamides is 1. The van der Waals surface area contributed by atoms with E-state index in [-0.39, 0.29) is 11.5 Å². The molecule has 16 heavy (non-hydrogen) atoms. The summed E-state index contributed by atoms with van der Waals surface area (Å²) in [6, 6.07) is 0. The Morgan fingerprint density at radius 3 is 2.75 bits per heavy atom. The van der Waals surface area contributed by atoms with E-state index in [1.807, 2.05) is 0 Å². The number of thiazole rings is 1. The second-order valence-corrected chi connectivity index (χ2v) is 5.70. The molecule has 0 aliphatic rings. The van der Waals surface area contributed by atoms with E-state index in [0.717, 1.165) is 23.8 Å². The minimum absolute atomic E-state index is 0.0569. The van der Waals surface area contributed by atoms with E-state index in [2.05, 4.69) is 15.0 Å². The van der Waals surface area contributed by atoms with E-state index in [0.29, 0.717) is 11.7 Å². The van der Waals surface area contributed by atoms with Crippen LogP contribution in [0.1, 0.15) is 0 Å². The number of anilines is 1. The Morgan fingerprint density at radius 2 is 2.25 bits per heavy atom. The molecule has 0 unspecified atom stereocenters. The highest BCUT2D eigenvalue weighted by Gasteiger charge is 2.10. The summed E-state index contributed by atoms with van der Waals surface area (Å²) < 4.78 is 23.7. The molecule has 1 heterocycles. The molecule has 90 valence electrons. The molecule has 0 amide bonds. The SMILES string of the molecule is CS(=O)(=O)NCCNc1ncc([N+](=O)[O-])s1. The average Bonchev–Trinajstić information content (AvgIpc) is 2.59. The van der Waals surface area contributed by atoms with Gasteiger partial charge in [0.05, 0.1) is 11.2 Å². The Kier molecular flexibility index (Phi) is 4.15. The van der Waals surface area contributed by atoms with Crippen LogP contribution in [0.4, 0.5) is 10.1 Å². The zero-order valence-electron chi connectivity index (χ0n) is 8.34. The first-order valence-electron chi connectivity index (χ1n) is 4.17. The molecule has 2 N–H and O–H groups in total. The summed E-state index contributed by atoms with van der Waals surface area (Å²) in [5.74, 6) is 0. The maximum atomic E-state index is 10.7. The molecule has 1 aromatic heterocycles. The lowest BCUT2D eigenvalue weighted by molar-refractivity contribution is -0.380. The second-order valence-electron chi connectivity index (χ2n) is 2.85. The molecule has 0 aliphatic carbocycles. The molecule has 0 fully saturated rings. The van der Waals surface area contributed by atoms with Crippen molar-refractivity contribution in [1.82, 2.24) is 9.71 Å². The van der Waals surface area contributed by atoms with Crippen LogP contribution in [-0.4, -0.2) is 37.7 Å². The van der Waals surface area contributed by atoms with Crippen LogP contribution in [-0.2, 0) is 10.0 Å². The highest BCUT2D eigenvalue weighted by Crippen LogP contribution is 2.24. The zero-order valence-corrected chi connectivity index (χ0v) is 9.97. The zero-order chi connectivity index (χ0) is 12.2. The minimum Gasteiger partial charge on any atom is -0.360 e. The van der Waals surface area contributed by atoms with Gasteiger partial charge in [0.15, 0.2) is 5.13 Å². The average molecular weight is 266 g/mol. The third kappa shape index (κ3) is 4.51. The fraction of sp³-hybridized carbons (Fsp3) is 0.500. The quantitative estimate of drug-likeness (QED) is 0.426. The van der Waals surface area contributed by atoms with Crippen molar-refractivity contribution in [3.63, 3.8) is 0 Å². The number of hydrogen-bond acceptors (Lipinski definition) is 7. The van der Waals surface area contributed by atoms with Crippen LogP contribution < -0.4 is 10.0 Å². The van der Waals surface area contributed by atoms with Gasteiger partial charge in [-0.2, -0.15) is 0 Å². The molecule has 8 nitrogen and oxygen atoms in total. The number of nitrogens with one attached hydrogen (secondary N) is 2. The van der Waals surface area contributed by atoms with Crippen molar-refractivity contribution in [3.05, 3.63) is 16.3 Å². The molecule has 1 rings (SSSR count). The second kappa shape index (κ2) is 5.18. The van der Waals surface area contributed by atoms with E-state index >= 15 is 0 Å². The van der Waals surface area contributed by atoms with Gasteiger partial charge in [-0.15, -0.1) is 0 Å². The molecule has 0 aliphatic heterocycles. The lowest BCUT2D eigenvalue weighted by Gasteiger charge is -2.02. The highest BCUT2D eigenvalue weighted by molar-refractivity contribution is 7.88. The number of hydrogen-bond donors (Lipinski definition) is 2. The molecule has 1 aromatic rings. The largest absolute Gasteiger partial charge is 0.360 e. The molecule has 0 spiro atoms. The van der Waals surface area contributed by atoms with Crippen LogP contribution in [0.5, 0.6) is 0 Å². The fourth-order valence-corrected chi connectivity index (χ4v) is 1.97. The molecule has 0 atom stereocenters. The summed E-state index contributed by atoms with van der Waals surface area (Å²) in [5.41, 5.74) is 0. The summed E-state index contributed by atoms with van der Waals surface area (Å²) in [7, 11) is -3.20. The maximum absolute atomic E-state index is 10.7. The first kappa shape index (κ1) is 12.8. The van der Waals surface area contributed by atoms with Crippen molar-refractivity contribution >= 4 is 31.5 Å². The summed E-state index contributed by atoms with van der Waals surface area (Å²) >= 11 is 0.900. The van der Waals surface area contributed by atoms with E-state index in [4.69, 9.17) is 0 Å². The summed E-state index contributed by atoms with van der Waals surface area (Å²) in [6.45, 7) is 0.518. The van der Waals surface area contributed by atoms with Gasteiger partial charge in [-0.05, 0) is 11.3 Å². The fourth-order valence-electron chi connectivity index (χ4n) is 0.838. The van der Waals surface area contributed by atoms with Gasteiger partial charge < -0.3 is 5.32 Å². The Hall–Kier alpha value is -1.26. The molecule has 0 aromatic carbocycles. The van der Waals surface area contributed by atoms with Gasteiger partial charge in [-0.25, -0.2) is 18.1 Å². The molecular weight excluding hydrogens is 256 g/mol. The minimum atomic E-state index is -3.20. The van der Waals surface area contributed by atoms with E-state index in [1.54, 1.807) is 0 Å². The molecule has 0 saturated carbocycles. The van der Waals surface area contributed by atoms with Crippen molar-refractivity contribution < 1.29 is 13.3 Å². The van der Waals surface area contributed by atoms with Crippen molar-refractivity contribution in [2.75, 3.05) is 24.7 Å². The number of nitro groups is 1. The van der Waals surface area contributed by atoms with Gasteiger partial charge in [0.2, 0.25) is 10.0 Å². The third-order valence-corrected chi connectivity index (χ3v) is 3.07. The Bertz CT molecular complexity index is 469. The predicted octanol–water partition coefficient (Wildman–Crippen LogP) is 0.0124. The van der Waals surface area contributed by atoms with Crippen molar-refractivity contribution in [3.8, 4) is 0 Å². The molecule has 0 saturated heterocycles. The monoisotopic (exact) mass is 266 g/mol. The first-order chi connectivity index (χ1) is 7.38. The van der Waals surface area contributed by atoms with Gasteiger partial charge in [-0.3, -0.25) is 10.1 Å². The molecule has 0 bridgehead atoms. The van der Waals surface area contributed by atoms with Crippen LogP contribution in [0.3, 0.4) is 0 Å². The number of aromatic nitrogens is 1. The predicted molar refractivity (Wildman–Crippen MR) is 60.1 cm³/mol. The standard InChI is InChI=1S/C6H10N4O4S2/c1-16(13,14)9-3-2-7-6-8-4-5(15-6)10(11)12/h4,9H,2-3H2,1H3,(H,7,8). The lowest BCUT2D eigenvalue weighted by atomic mass is 10.7. The summed E-state index contributed by atoms with van der Waals surface area (Å²) in [4.78, 5) is 13.6. The summed E-state index contributed by atoms with van der Waals surface area (Å²) in [6.07, 6.45) is 2.21. The van der Waals surface area contributed by atoms with E-state index in [1.165, 1.54) is 0 Å². The van der Waals surface area contributed by atoms with Gasteiger partial charge in [-0.1, -0.05) is 0 Å². The topological polar surface area (TPSA) is 114 Å².